The van der Waals surface area contributed by atoms with Gasteiger partial charge in [-0.25, -0.2) is 0 Å². The van der Waals surface area contributed by atoms with Gasteiger partial charge in [-0.1, -0.05) is 20.8 Å². The van der Waals surface area contributed by atoms with Gasteiger partial charge in [-0.2, -0.15) is 0 Å². The first-order valence-electron chi connectivity index (χ1n) is 6.07. The minimum absolute atomic E-state index is 0.00569. The summed E-state index contributed by atoms with van der Waals surface area (Å²) in [6.07, 6.45) is 1.23. The van der Waals surface area contributed by atoms with Crippen molar-refractivity contribution in [2.75, 3.05) is 19.6 Å². The smallest absolute Gasteiger partial charge is 0.232 e. The standard InChI is InChI=1S/C12H22N2O2/c1-9(2)8-13-5-4-6-14-11(15)7-10(3)12(14)16/h9-10,13H,4-8H2,1-3H3. The SMILES string of the molecule is CC(C)CNCCCN1C(=O)CC(C)C1=O. The number of carbonyl (C=O) groups excluding carboxylic acids is 2. The van der Waals surface area contributed by atoms with Crippen molar-refractivity contribution in [1.29, 1.82) is 0 Å². The highest BCUT2D eigenvalue weighted by atomic mass is 16.2. The normalized spacial score (nSPS) is 21.2. The molecule has 16 heavy (non-hydrogen) atoms. The van der Waals surface area contributed by atoms with E-state index in [-0.39, 0.29) is 17.7 Å². The highest BCUT2D eigenvalue weighted by molar-refractivity contribution is 6.03. The van der Waals surface area contributed by atoms with E-state index in [1.54, 1.807) is 0 Å². The van der Waals surface area contributed by atoms with Crippen LogP contribution in [0.4, 0.5) is 0 Å². The zero-order valence-corrected chi connectivity index (χ0v) is 10.5. The lowest BCUT2D eigenvalue weighted by Crippen LogP contribution is -2.33. The first-order chi connectivity index (χ1) is 7.52. The Hall–Kier alpha value is -0.900. The molecule has 1 saturated heterocycles. The summed E-state index contributed by atoms with van der Waals surface area (Å²) >= 11 is 0. The Kier molecular flexibility index (Phi) is 4.93. The molecule has 1 rings (SSSR count). The van der Waals surface area contributed by atoms with Gasteiger partial charge in [0.15, 0.2) is 0 Å². The number of rotatable bonds is 6. The molecule has 4 heteroatoms. The molecule has 0 saturated carbocycles. The number of hydrogen-bond donors (Lipinski definition) is 1. The maximum atomic E-state index is 11.6. The molecule has 1 fully saturated rings. The summed E-state index contributed by atoms with van der Waals surface area (Å²) in [5.74, 6) is 0.501. The van der Waals surface area contributed by atoms with Crippen LogP contribution in [0.5, 0.6) is 0 Å². The largest absolute Gasteiger partial charge is 0.316 e. The van der Waals surface area contributed by atoms with E-state index in [9.17, 15) is 9.59 Å². The Morgan fingerprint density at radius 2 is 2.12 bits per heavy atom. The maximum absolute atomic E-state index is 11.6. The molecule has 0 aromatic heterocycles. The van der Waals surface area contributed by atoms with Crippen molar-refractivity contribution >= 4 is 11.8 Å². The molecule has 2 amide bonds. The molecule has 1 heterocycles. The predicted molar refractivity (Wildman–Crippen MR) is 62.8 cm³/mol. The first kappa shape index (κ1) is 13.2. The van der Waals surface area contributed by atoms with Crippen molar-refractivity contribution in [3.8, 4) is 0 Å². The number of nitrogens with zero attached hydrogens (tertiary/aromatic N) is 1. The summed E-state index contributed by atoms with van der Waals surface area (Å²) in [6.45, 7) is 8.54. The Bertz CT molecular complexity index is 264. The fraction of sp³-hybridized carbons (Fsp3) is 0.833. The monoisotopic (exact) mass is 226 g/mol. The third-order valence-electron chi connectivity index (χ3n) is 2.76. The molecule has 1 unspecified atom stereocenters. The van der Waals surface area contributed by atoms with Crippen molar-refractivity contribution in [3.05, 3.63) is 0 Å². The van der Waals surface area contributed by atoms with Gasteiger partial charge in [0, 0.05) is 18.9 Å². The molecule has 1 atom stereocenters. The van der Waals surface area contributed by atoms with Crippen LogP contribution in [-0.4, -0.2) is 36.3 Å². The van der Waals surface area contributed by atoms with Crippen molar-refractivity contribution in [2.24, 2.45) is 11.8 Å². The van der Waals surface area contributed by atoms with Gasteiger partial charge in [0.05, 0.1) is 0 Å². The van der Waals surface area contributed by atoms with Gasteiger partial charge in [0.25, 0.3) is 0 Å². The second kappa shape index (κ2) is 5.99. The quantitative estimate of drug-likeness (QED) is 0.543. The Morgan fingerprint density at radius 1 is 1.44 bits per heavy atom. The molecule has 1 aliphatic heterocycles. The molecule has 1 aliphatic rings. The summed E-state index contributed by atoms with van der Waals surface area (Å²) in [7, 11) is 0. The van der Waals surface area contributed by atoms with Gasteiger partial charge in [-0.05, 0) is 25.4 Å². The number of nitrogens with one attached hydrogen (secondary N) is 1. The van der Waals surface area contributed by atoms with E-state index in [4.69, 9.17) is 0 Å². The average molecular weight is 226 g/mol. The summed E-state index contributed by atoms with van der Waals surface area (Å²) in [6, 6.07) is 0. The predicted octanol–water partition coefficient (Wildman–Crippen LogP) is 1.02. The first-order valence-corrected chi connectivity index (χ1v) is 6.07. The fourth-order valence-electron chi connectivity index (χ4n) is 1.84. The van der Waals surface area contributed by atoms with E-state index in [1.807, 2.05) is 6.92 Å². The summed E-state index contributed by atoms with van der Waals surface area (Å²) in [5, 5.41) is 3.30. The minimum Gasteiger partial charge on any atom is -0.316 e. The molecule has 0 radical (unpaired) electrons. The minimum atomic E-state index is -0.115. The zero-order chi connectivity index (χ0) is 12.1. The Labute approximate surface area is 97.4 Å². The molecule has 92 valence electrons. The van der Waals surface area contributed by atoms with Crippen molar-refractivity contribution in [3.63, 3.8) is 0 Å². The van der Waals surface area contributed by atoms with Crippen LogP contribution in [0.15, 0.2) is 0 Å². The van der Waals surface area contributed by atoms with Crippen molar-refractivity contribution in [1.82, 2.24) is 10.2 Å². The van der Waals surface area contributed by atoms with Gasteiger partial charge in [-0.3, -0.25) is 14.5 Å². The topological polar surface area (TPSA) is 49.4 Å². The Morgan fingerprint density at radius 3 is 2.62 bits per heavy atom. The number of amides is 2. The van der Waals surface area contributed by atoms with E-state index < -0.39 is 0 Å². The molecule has 4 nitrogen and oxygen atoms in total. The summed E-state index contributed by atoms with van der Waals surface area (Å²) in [5.41, 5.74) is 0. The van der Waals surface area contributed by atoms with E-state index in [0.29, 0.717) is 18.9 Å². The number of hydrogen-bond acceptors (Lipinski definition) is 3. The lowest BCUT2D eigenvalue weighted by molar-refractivity contribution is -0.139. The lowest BCUT2D eigenvalue weighted by atomic mass is 10.1. The van der Waals surface area contributed by atoms with Crippen molar-refractivity contribution in [2.45, 2.75) is 33.6 Å². The van der Waals surface area contributed by atoms with Gasteiger partial charge in [-0.15, -0.1) is 0 Å². The Balaban J connectivity index is 2.18. The van der Waals surface area contributed by atoms with Gasteiger partial charge in [0.2, 0.25) is 11.8 Å². The molecule has 0 aliphatic carbocycles. The second-order valence-corrected chi connectivity index (χ2v) is 4.94. The molecular weight excluding hydrogens is 204 g/mol. The van der Waals surface area contributed by atoms with Crippen molar-refractivity contribution < 1.29 is 9.59 Å². The highest BCUT2D eigenvalue weighted by Gasteiger charge is 2.34. The van der Waals surface area contributed by atoms with E-state index >= 15 is 0 Å². The highest BCUT2D eigenvalue weighted by Crippen LogP contribution is 2.18. The average Bonchev–Trinajstić information content (AvgIpc) is 2.43. The zero-order valence-electron chi connectivity index (χ0n) is 10.5. The van der Waals surface area contributed by atoms with Gasteiger partial charge < -0.3 is 5.32 Å². The van der Waals surface area contributed by atoms with Crippen LogP contribution >= 0.6 is 0 Å². The molecule has 0 aromatic rings. The van der Waals surface area contributed by atoms with Crippen LogP contribution in [0.25, 0.3) is 0 Å². The van der Waals surface area contributed by atoms with Gasteiger partial charge >= 0.3 is 0 Å². The maximum Gasteiger partial charge on any atom is 0.232 e. The van der Waals surface area contributed by atoms with Gasteiger partial charge in [0.1, 0.15) is 0 Å². The van der Waals surface area contributed by atoms with E-state index in [1.165, 1.54) is 4.90 Å². The molecule has 0 aromatic carbocycles. The molecule has 0 spiro atoms. The second-order valence-electron chi connectivity index (χ2n) is 4.94. The summed E-state index contributed by atoms with van der Waals surface area (Å²) < 4.78 is 0. The lowest BCUT2D eigenvalue weighted by Gasteiger charge is -2.14. The summed E-state index contributed by atoms with van der Waals surface area (Å²) in [4.78, 5) is 24.4. The van der Waals surface area contributed by atoms with Crippen LogP contribution < -0.4 is 5.32 Å². The number of imide groups is 1. The van der Waals surface area contributed by atoms with E-state index in [2.05, 4.69) is 19.2 Å². The van der Waals surface area contributed by atoms with E-state index in [0.717, 1.165) is 19.5 Å². The fourth-order valence-corrected chi connectivity index (χ4v) is 1.84. The molecule has 0 bridgehead atoms. The van der Waals surface area contributed by atoms with Crippen LogP contribution in [-0.2, 0) is 9.59 Å². The molecule has 1 N–H and O–H groups in total. The third-order valence-corrected chi connectivity index (χ3v) is 2.76. The van der Waals surface area contributed by atoms with Crippen LogP contribution in [0.2, 0.25) is 0 Å². The van der Waals surface area contributed by atoms with Crippen LogP contribution in [0, 0.1) is 11.8 Å². The molecular formula is C12H22N2O2. The third kappa shape index (κ3) is 3.59. The van der Waals surface area contributed by atoms with Crippen LogP contribution in [0.1, 0.15) is 33.6 Å². The number of likely N-dealkylation sites (tertiary alicyclic amines) is 1. The van der Waals surface area contributed by atoms with Crippen LogP contribution in [0.3, 0.4) is 0 Å². The number of carbonyl (C=O) groups is 2.